The van der Waals surface area contributed by atoms with E-state index in [1.54, 1.807) is 7.11 Å². The van der Waals surface area contributed by atoms with Crippen molar-refractivity contribution in [1.82, 2.24) is 4.98 Å². The van der Waals surface area contributed by atoms with Gasteiger partial charge in [-0.05, 0) is 43.2 Å². The van der Waals surface area contributed by atoms with Gasteiger partial charge in [-0.15, -0.1) is 0 Å². The summed E-state index contributed by atoms with van der Waals surface area (Å²) in [5.74, 6) is 2.06. The summed E-state index contributed by atoms with van der Waals surface area (Å²) in [5.41, 5.74) is 1.96. The van der Waals surface area contributed by atoms with Gasteiger partial charge in [-0.25, -0.2) is 4.98 Å². The molecule has 23 heavy (non-hydrogen) atoms. The van der Waals surface area contributed by atoms with Crippen molar-refractivity contribution in [3.05, 3.63) is 47.7 Å². The smallest absolute Gasteiger partial charge is 0.257 e. The van der Waals surface area contributed by atoms with E-state index in [0.29, 0.717) is 24.8 Å². The molecule has 1 aromatic heterocycles. The van der Waals surface area contributed by atoms with E-state index in [-0.39, 0.29) is 0 Å². The maximum absolute atomic E-state index is 5.80. The van der Waals surface area contributed by atoms with Crippen molar-refractivity contribution in [2.75, 3.05) is 13.7 Å². The van der Waals surface area contributed by atoms with E-state index in [4.69, 9.17) is 14.2 Å². The van der Waals surface area contributed by atoms with Crippen LogP contribution in [0.3, 0.4) is 0 Å². The number of nitrogens with zero attached hydrogens (tertiary/aromatic N) is 1. The van der Waals surface area contributed by atoms with Crippen LogP contribution in [0.25, 0.3) is 0 Å². The van der Waals surface area contributed by atoms with Gasteiger partial charge in [-0.1, -0.05) is 32.9 Å². The molecule has 4 nitrogen and oxygen atoms in total. The molecule has 0 aliphatic heterocycles. The predicted octanol–water partition coefficient (Wildman–Crippen LogP) is 4.79. The minimum Gasteiger partial charge on any atom is -0.497 e. The summed E-state index contributed by atoms with van der Waals surface area (Å²) in [6.07, 6.45) is 0.950. The van der Waals surface area contributed by atoms with Gasteiger partial charge in [0, 0.05) is 5.69 Å². The van der Waals surface area contributed by atoms with Gasteiger partial charge in [-0.3, -0.25) is 0 Å². The molecule has 1 heterocycles. The molecule has 0 amide bonds. The zero-order chi connectivity index (χ0) is 17.1. The first kappa shape index (κ1) is 18.8. The molecule has 0 radical (unpaired) electrons. The Balaban J connectivity index is 0.00000127. The van der Waals surface area contributed by atoms with Gasteiger partial charge in [0.25, 0.3) is 5.88 Å². The van der Waals surface area contributed by atoms with E-state index in [0.717, 1.165) is 23.4 Å². The zero-order valence-corrected chi connectivity index (χ0v) is 14.8. The third-order valence-electron chi connectivity index (χ3n) is 2.96. The monoisotopic (exact) mass is 317 g/mol. The maximum atomic E-state index is 5.80. The third kappa shape index (κ3) is 6.19. The van der Waals surface area contributed by atoms with Crippen molar-refractivity contribution < 1.29 is 14.2 Å². The van der Waals surface area contributed by atoms with Crippen LogP contribution in [0.2, 0.25) is 0 Å². The predicted molar refractivity (Wildman–Crippen MR) is 93.4 cm³/mol. The Bertz CT molecular complexity index is 567. The Morgan fingerprint density at radius 1 is 0.957 bits per heavy atom. The first-order chi connectivity index (χ1) is 11.2. The van der Waals surface area contributed by atoms with E-state index in [9.17, 15) is 0 Å². The highest BCUT2D eigenvalue weighted by molar-refractivity contribution is 5.35. The standard InChI is InChI=1S/C17H21NO3.C2H6/c1-4-11-20-16-10-5-13(2)18-17(16)21-12-14-6-8-15(19-3)9-7-14;1-2/h5-10H,4,11-12H2,1-3H3;1-2H3. The maximum Gasteiger partial charge on any atom is 0.257 e. The number of benzene rings is 1. The van der Waals surface area contributed by atoms with E-state index in [1.807, 2.05) is 57.2 Å². The largest absolute Gasteiger partial charge is 0.497 e. The molecule has 2 aromatic rings. The lowest BCUT2D eigenvalue weighted by molar-refractivity contribution is 0.252. The minimum absolute atomic E-state index is 0.447. The molecule has 0 N–H and O–H groups in total. The molecule has 0 spiro atoms. The molecule has 0 saturated heterocycles. The summed E-state index contributed by atoms with van der Waals surface area (Å²) >= 11 is 0. The molecular weight excluding hydrogens is 290 g/mol. The SMILES string of the molecule is CC.CCCOc1ccc(C)nc1OCc1ccc(OC)cc1. The van der Waals surface area contributed by atoms with E-state index in [1.165, 1.54) is 0 Å². The van der Waals surface area contributed by atoms with Gasteiger partial charge in [-0.2, -0.15) is 0 Å². The van der Waals surface area contributed by atoms with Crippen LogP contribution < -0.4 is 14.2 Å². The topological polar surface area (TPSA) is 40.6 Å². The second-order valence-corrected chi connectivity index (χ2v) is 4.74. The first-order valence-corrected chi connectivity index (χ1v) is 8.09. The molecular formula is C19H27NO3. The highest BCUT2D eigenvalue weighted by Gasteiger charge is 2.08. The van der Waals surface area contributed by atoms with Gasteiger partial charge in [0.05, 0.1) is 13.7 Å². The van der Waals surface area contributed by atoms with E-state index < -0.39 is 0 Å². The summed E-state index contributed by atoms with van der Waals surface area (Å²) in [5, 5.41) is 0. The van der Waals surface area contributed by atoms with Crippen LogP contribution in [-0.2, 0) is 6.61 Å². The second kappa shape index (κ2) is 10.5. The molecule has 0 aliphatic rings. The lowest BCUT2D eigenvalue weighted by atomic mass is 10.2. The van der Waals surface area contributed by atoms with E-state index >= 15 is 0 Å². The van der Waals surface area contributed by atoms with Crippen LogP contribution in [-0.4, -0.2) is 18.7 Å². The van der Waals surface area contributed by atoms with E-state index in [2.05, 4.69) is 11.9 Å². The van der Waals surface area contributed by atoms with Crippen LogP contribution >= 0.6 is 0 Å². The van der Waals surface area contributed by atoms with Crippen molar-refractivity contribution in [2.45, 2.75) is 40.7 Å². The molecule has 2 rings (SSSR count). The number of hydrogen-bond donors (Lipinski definition) is 0. The van der Waals surface area contributed by atoms with Crippen LogP contribution in [0, 0.1) is 6.92 Å². The lowest BCUT2D eigenvalue weighted by Gasteiger charge is -2.12. The fourth-order valence-electron chi connectivity index (χ4n) is 1.82. The fraction of sp³-hybridized carbons (Fsp3) is 0.421. The molecule has 0 bridgehead atoms. The second-order valence-electron chi connectivity index (χ2n) is 4.74. The van der Waals surface area contributed by atoms with Crippen molar-refractivity contribution in [3.63, 3.8) is 0 Å². The summed E-state index contributed by atoms with van der Waals surface area (Å²) < 4.78 is 16.6. The minimum atomic E-state index is 0.447. The van der Waals surface area contributed by atoms with Crippen molar-refractivity contribution in [3.8, 4) is 17.4 Å². The molecule has 4 heteroatoms. The number of hydrogen-bond acceptors (Lipinski definition) is 4. The quantitative estimate of drug-likeness (QED) is 0.736. The number of aryl methyl sites for hydroxylation is 1. The van der Waals surface area contributed by atoms with Gasteiger partial charge < -0.3 is 14.2 Å². The van der Waals surface area contributed by atoms with Crippen LogP contribution in [0.15, 0.2) is 36.4 Å². The summed E-state index contributed by atoms with van der Waals surface area (Å²) in [7, 11) is 1.65. The van der Waals surface area contributed by atoms with Crippen LogP contribution in [0.5, 0.6) is 17.4 Å². The molecule has 1 aromatic carbocycles. The Morgan fingerprint density at radius 2 is 1.65 bits per heavy atom. The fourth-order valence-corrected chi connectivity index (χ4v) is 1.82. The van der Waals surface area contributed by atoms with Gasteiger partial charge in [0.2, 0.25) is 0 Å². The summed E-state index contributed by atoms with van der Waals surface area (Å²) in [6, 6.07) is 11.6. The first-order valence-electron chi connectivity index (χ1n) is 8.09. The van der Waals surface area contributed by atoms with Crippen molar-refractivity contribution in [2.24, 2.45) is 0 Å². The Morgan fingerprint density at radius 3 is 2.26 bits per heavy atom. The molecule has 0 unspecified atom stereocenters. The summed E-state index contributed by atoms with van der Waals surface area (Å²) in [6.45, 7) is 9.11. The molecule has 0 aliphatic carbocycles. The number of methoxy groups -OCH3 is 1. The third-order valence-corrected chi connectivity index (χ3v) is 2.96. The van der Waals surface area contributed by atoms with Crippen molar-refractivity contribution in [1.29, 1.82) is 0 Å². The molecule has 126 valence electrons. The average Bonchev–Trinajstić information content (AvgIpc) is 2.61. The highest BCUT2D eigenvalue weighted by Crippen LogP contribution is 2.26. The zero-order valence-electron chi connectivity index (χ0n) is 14.8. The summed E-state index contributed by atoms with van der Waals surface area (Å²) in [4.78, 5) is 4.40. The number of pyridine rings is 1. The van der Waals surface area contributed by atoms with Gasteiger partial charge in [0.1, 0.15) is 12.4 Å². The average molecular weight is 317 g/mol. The number of aromatic nitrogens is 1. The molecule has 0 fully saturated rings. The van der Waals surface area contributed by atoms with Gasteiger partial charge >= 0.3 is 0 Å². The number of rotatable bonds is 7. The molecule has 0 saturated carbocycles. The highest BCUT2D eigenvalue weighted by atomic mass is 16.5. The normalized spacial score (nSPS) is 9.61. The van der Waals surface area contributed by atoms with Crippen LogP contribution in [0.4, 0.5) is 0 Å². The van der Waals surface area contributed by atoms with Gasteiger partial charge in [0.15, 0.2) is 5.75 Å². The molecule has 0 atom stereocenters. The lowest BCUT2D eigenvalue weighted by Crippen LogP contribution is -2.03. The van der Waals surface area contributed by atoms with Crippen molar-refractivity contribution >= 4 is 0 Å². The Kier molecular flexibility index (Phi) is 8.58. The Labute approximate surface area is 139 Å². The van der Waals surface area contributed by atoms with Crippen LogP contribution in [0.1, 0.15) is 38.4 Å². The number of ether oxygens (including phenoxy) is 3. The Hall–Kier alpha value is -2.23.